The molecule has 3 aliphatic heterocycles. The van der Waals surface area contributed by atoms with Crippen LogP contribution in [0.3, 0.4) is 0 Å². The van der Waals surface area contributed by atoms with Crippen LogP contribution in [0.4, 0.5) is 4.79 Å². The molecule has 0 saturated carbocycles. The van der Waals surface area contributed by atoms with Gasteiger partial charge in [-0.05, 0) is 57.9 Å². The molecule has 7 nitrogen and oxygen atoms in total. The Labute approximate surface area is 175 Å². The number of aliphatic hydroxyl groups is 1. The highest BCUT2D eigenvalue weighted by atomic mass is 35.5. The summed E-state index contributed by atoms with van der Waals surface area (Å²) >= 11 is 6.19. The van der Waals surface area contributed by atoms with Gasteiger partial charge in [-0.15, -0.1) is 0 Å². The molecule has 3 amide bonds. The molecule has 0 bridgehead atoms. The summed E-state index contributed by atoms with van der Waals surface area (Å²) in [5.74, 6) is 0.337. The zero-order chi connectivity index (χ0) is 20.8. The van der Waals surface area contributed by atoms with Crippen molar-refractivity contribution in [2.45, 2.75) is 56.8 Å². The van der Waals surface area contributed by atoms with Gasteiger partial charge in [0.2, 0.25) is 0 Å². The van der Waals surface area contributed by atoms with Crippen LogP contribution in [0.15, 0.2) is 18.2 Å². The number of amides is 3. The molecule has 0 aliphatic carbocycles. The first-order valence-corrected chi connectivity index (χ1v) is 10.6. The summed E-state index contributed by atoms with van der Waals surface area (Å²) in [6, 6.07) is 4.83. The average molecular weight is 422 g/mol. The highest BCUT2D eigenvalue weighted by molar-refractivity contribution is 6.30. The number of fused-ring (bicyclic) bond motifs is 2. The quantitative estimate of drug-likeness (QED) is 0.730. The van der Waals surface area contributed by atoms with Gasteiger partial charge in [0, 0.05) is 36.6 Å². The minimum Gasteiger partial charge on any atom is -0.487 e. The fourth-order valence-electron chi connectivity index (χ4n) is 4.72. The molecule has 0 radical (unpaired) electrons. The first kappa shape index (κ1) is 20.4. The highest BCUT2D eigenvalue weighted by Gasteiger charge is 2.58. The Balaban J connectivity index is 1.51. The standard InChI is InChI=1S/C21H28ClN3O4/c1-20(2)13-21(16-12-14(22)4-5-17(16)29-20)18(27)25(19(28)23-21)9-3-8-24-10-6-15(26)7-11-24/h4-5,12,15,26H,3,6-11,13H2,1-2H3,(H,23,28). The van der Waals surface area contributed by atoms with Crippen molar-refractivity contribution in [1.82, 2.24) is 15.1 Å². The van der Waals surface area contributed by atoms with Gasteiger partial charge in [-0.1, -0.05) is 11.6 Å². The minimum absolute atomic E-state index is 0.208. The molecule has 8 heteroatoms. The van der Waals surface area contributed by atoms with E-state index in [1.54, 1.807) is 18.2 Å². The summed E-state index contributed by atoms with van der Waals surface area (Å²) < 4.78 is 6.04. The molecule has 1 aromatic rings. The summed E-state index contributed by atoms with van der Waals surface area (Å²) in [5.41, 5.74) is -1.13. The number of nitrogens with one attached hydrogen (secondary N) is 1. The van der Waals surface area contributed by atoms with Crippen molar-refractivity contribution < 1.29 is 19.4 Å². The maximum Gasteiger partial charge on any atom is 0.325 e. The molecule has 3 heterocycles. The molecule has 3 aliphatic rings. The number of rotatable bonds is 4. The van der Waals surface area contributed by atoms with Crippen molar-refractivity contribution in [2.75, 3.05) is 26.2 Å². The average Bonchev–Trinajstić information content (AvgIpc) is 2.88. The smallest absolute Gasteiger partial charge is 0.325 e. The van der Waals surface area contributed by atoms with E-state index in [9.17, 15) is 14.7 Å². The van der Waals surface area contributed by atoms with Crippen LogP contribution in [0.25, 0.3) is 0 Å². The topological polar surface area (TPSA) is 82.1 Å². The number of halogens is 1. The lowest BCUT2D eigenvalue weighted by atomic mass is 9.77. The van der Waals surface area contributed by atoms with Crippen molar-refractivity contribution >= 4 is 23.5 Å². The lowest BCUT2D eigenvalue weighted by molar-refractivity contribution is -0.134. The van der Waals surface area contributed by atoms with Crippen molar-refractivity contribution in [3.63, 3.8) is 0 Å². The fraction of sp³-hybridized carbons (Fsp3) is 0.619. The van der Waals surface area contributed by atoms with E-state index in [4.69, 9.17) is 16.3 Å². The molecule has 1 aromatic carbocycles. The van der Waals surface area contributed by atoms with E-state index in [1.807, 2.05) is 13.8 Å². The van der Waals surface area contributed by atoms with Crippen LogP contribution in [0.5, 0.6) is 5.75 Å². The Morgan fingerprint density at radius 1 is 1.24 bits per heavy atom. The first-order valence-electron chi connectivity index (χ1n) is 10.2. The molecule has 4 rings (SSSR count). The Kier molecular flexibility index (Phi) is 5.25. The van der Waals surface area contributed by atoms with E-state index in [0.717, 1.165) is 32.5 Å². The summed E-state index contributed by atoms with van der Waals surface area (Å²) in [7, 11) is 0. The summed E-state index contributed by atoms with van der Waals surface area (Å²) in [4.78, 5) is 29.8. The van der Waals surface area contributed by atoms with Gasteiger partial charge in [0.05, 0.1) is 6.10 Å². The Hall–Kier alpha value is -1.83. The van der Waals surface area contributed by atoms with Gasteiger partial charge in [-0.3, -0.25) is 9.69 Å². The van der Waals surface area contributed by atoms with Crippen LogP contribution in [0.2, 0.25) is 5.02 Å². The van der Waals surface area contributed by atoms with Gasteiger partial charge in [-0.2, -0.15) is 0 Å². The Morgan fingerprint density at radius 3 is 2.69 bits per heavy atom. The predicted octanol–water partition coefficient (Wildman–Crippen LogP) is 2.50. The lowest BCUT2D eigenvalue weighted by Crippen LogP contribution is -2.53. The van der Waals surface area contributed by atoms with Gasteiger partial charge in [0.1, 0.15) is 11.4 Å². The Bertz CT molecular complexity index is 822. The van der Waals surface area contributed by atoms with Crippen LogP contribution in [0, 0.1) is 0 Å². The van der Waals surface area contributed by atoms with Crippen LogP contribution < -0.4 is 10.1 Å². The number of imide groups is 1. The zero-order valence-electron chi connectivity index (χ0n) is 16.9. The van der Waals surface area contributed by atoms with Crippen LogP contribution in [0.1, 0.15) is 45.1 Å². The van der Waals surface area contributed by atoms with Crippen LogP contribution >= 0.6 is 11.6 Å². The normalized spacial score (nSPS) is 27.1. The molecule has 0 aromatic heterocycles. The number of benzene rings is 1. The zero-order valence-corrected chi connectivity index (χ0v) is 17.7. The number of ether oxygens (including phenoxy) is 1. The molecule has 2 saturated heterocycles. The number of piperidine rings is 1. The SMILES string of the molecule is CC1(C)CC2(NC(=O)N(CCCN3CCC(O)CC3)C2=O)c2cc(Cl)ccc2O1. The number of carbonyl (C=O) groups is 2. The number of aliphatic hydroxyl groups excluding tert-OH is 1. The number of likely N-dealkylation sites (tertiary alicyclic amines) is 1. The van der Waals surface area contributed by atoms with E-state index in [2.05, 4.69) is 10.2 Å². The molecular formula is C21H28ClN3O4. The number of hydrogen-bond donors (Lipinski definition) is 2. The monoisotopic (exact) mass is 421 g/mol. The van der Waals surface area contributed by atoms with E-state index in [0.29, 0.717) is 35.7 Å². The fourth-order valence-corrected chi connectivity index (χ4v) is 4.89. The van der Waals surface area contributed by atoms with Crippen molar-refractivity contribution in [1.29, 1.82) is 0 Å². The van der Waals surface area contributed by atoms with E-state index < -0.39 is 11.1 Å². The third-order valence-corrected chi connectivity index (χ3v) is 6.30. The third-order valence-electron chi connectivity index (χ3n) is 6.07. The minimum atomic E-state index is -1.14. The maximum atomic E-state index is 13.5. The number of hydrogen-bond acceptors (Lipinski definition) is 5. The largest absolute Gasteiger partial charge is 0.487 e. The number of urea groups is 1. The van der Waals surface area contributed by atoms with Gasteiger partial charge in [0.25, 0.3) is 5.91 Å². The second-order valence-corrected chi connectivity index (χ2v) is 9.33. The number of carbonyl (C=O) groups excluding carboxylic acids is 2. The molecular weight excluding hydrogens is 394 g/mol. The third kappa shape index (κ3) is 3.83. The van der Waals surface area contributed by atoms with Crippen molar-refractivity contribution in [2.24, 2.45) is 0 Å². The van der Waals surface area contributed by atoms with Crippen molar-refractivity contribution in [3.8, 4) is 5.75 Å². The summed E-state index contributed by atoms with van der Waals surface area (Å²) in [5, 5.41) is 13.1. The van der Waals surface area contributed by atoms with E-state index in [1.165, 1.54) is 4.90 Å². The summed E-state index contributed by atoms with van der Waals surface area (Å²) in [6.45, 7) is 6.69. The highest BCUT2D eigenvalue weighted by Crippen LogP contribution is 2.47. The van der Waals surface area contributed by atoms with Gasteiger partial charge in [-0.25, -0.2) is 4.79 Å². The predicted molar refractivity (Wildman–Crippen MR) is 109 cm³/mol. The lowest BCUT2D eigenvalue weighted by Gasteiger charge is -2.42. The first-order chi connectivity index (χ1) is 13.7. The molecule has 1 unspecified atom stereocenters. The molecule has 29 heavy (non-hydrogen) atoms. The number of nitrogens with zero attached hydrogens (tertiary/aromatic N) is 2. The molecule has 2 fully saturated rings. The molecule has 1 atom stereocenters. The summed E-state index contributed by atoms with van der Waals surface area (Å²) in [6.07, 6.45) is 2.39. The second-order valence-electron chi connectivity index (χ2n) is 8.90. The van der Waals surface area contributed by atoms with Crippen LogP contribution in [-0.4, -0.2) is 64.7 Å². The van der Waals surface area contributed by atoms with E-state index in [-0.39, 0.29) is 18.0 Å². The molecule has 2 N–H and O–H groups in total. The van der Waals surface area contributed by atoms with Gasteiger partial charge in [0.15, 0.2) is 5.54 Å². The maximum absolute atomic E-state index is 13.5. The Morgan fingerprint density at radius 2 is 1.97 bits per heavy atom. The molecule has 1 spiro atoms. The van der Waals surface area contributed by atoms with E-state index >= 15 is 0 Å². The van der Waals surface area contributed by atoms with Crippen molar-refractivity contribution in [3.05, 3.63) is 28.8 Å². The van der Waals surface area contributed by atoms with Gasteiger partial charge < -0.3 is 20.1 Å². The van der Waals surface area contributed by atoms with Gasteiger partial charge >= 0.3 is 6.03 Å². The van der Waals surface area contributed by atoms with Crippen LogP contribution in [-0.2, 0) is 10.3 Å². The molecule has 158 valence electrons. The second kappa shape index (κ2) is 7.45.